The first-order chi connectivity index (χ1) is 12.9. The van der Waals surface area contributed by atoms with Crippen LogP contribution in [0.5, 0.6) is 0 Å². The summed E-state index contributed by atoms with van der Waals surface area (Å²) in [5, 5.41) is 4.85. The van der Waals surface area contributed by atoms with Crippen molar-refractivity contribution in [1.29, 1.82) is 0 Å². The van der Waals surface area contributed by atoms with Crippen molar-refractivity contribution in [3.05, 3.63) is 102 Å². The number of alkyl halides is 1. The van der Waals surface area contributed by atoms with Gasteiger partial charge < -0.3 is 0 Å². The molecule has 0 radical (unpaired) electrons. The molecule has 0 amide bonds. The third kappa shape index (κ3) is 2.81. The van der Waals surface area contributed by atoms with Gasteiger partial charge in [-0.25, -0.2) is 0 Å². The van der Waals surface area contributed by atoms with E-state index in [9.17, 15) is 0 Å². The molecule has 1 unspecified atom stereocenters. The van der Waals surface area contributed by atoms with Crippen molar-refractivity contribution in [2.75, 3.05) is 11.3 Å². The molecular formula is C23H21ClN2. The quantitative estimate of drug-likeness (QED) is 0.569. The normalized spacial score (nSPS) is 18.6. The highest BCUT2D eigenvalue weighted by Crippen LogP contribution is 2.45. The Hall–Kier alpha value is -2.58. The van der Waals surface area contributed by atoms with Gasteiger partial charge in [-0.15, -0.1) is 11.6 Å². The zero-order valence-electron chi connectivity index (χ0n) is 14.5. The molecule has 1 N–H and O–H groups in total. The van der Waals surface area contributed by atoms with E-state index in [-0.39, 0.29) is 5.41 Å². The Morgan fingerprint density at radius 3 is 2.19 bits per heavy atom. The number of benzene rings is 3. The van der Waals surface area contributed by atoms with Gasteiger partial charge in [-0.3, -0.25) is 5.43 Å². The van der Waals surface area contributed by atoms with Crippen LogP contribution in [0.1, 0.15) is 29.5 Å². The SMILES string of the molecule is ClCCCC1(c2ccccc2)C(c2ccccc2)=NNc2ccccc21. The van der Waals surface area contributed by atoms with Crippen LogP contribution in [-0.4, -0.2) is 11.6 Å². The van der Waals surface area contributed by atoms with Crippen LogP contribution in [0.25, 0.3) is 0 Å². The van der Waals surface area contributed by atoms with Crippen LogP contribution < -0.4 is 5.43 Å². The fourth-order valence-electron chi connectivity index (χ4n) is 3.94. The van der Waals surface area contributed by atoms with Crippen LogP contribution in [0.3, 0.4) is 0 Å². The van der Waals surface area contributed by atoms with Crippen LogP contribution in [0.15, 0.2) is 90.0 Å². The summed E-state index contributed by atoms with van der Waals surface area (Å²) in [5.74, 6) is 0.631. The molecule has 0 aliphatic carbocycles. The lowest BCUT2D eigenvalue weighted by Gasteiger charge is -2.40. The van der Waals surface area contributed by atoms with Gasteiger partial charge in [-0.1, -0.05) is 78.9 Å². The lowest BCUT2D eigenvalue weighted by atomic mass is 9.65. The number of hydrogen-bond acceptors (Lipinski definition) is 2. The zero-order valence-corrected chi connectivity index (χ0v) is 15.3. The lowest BCUT2D eigenvalue weighted by Crippen LogP contribution is -2.41. The fraction of sp³-hybridized carbons (Fsp3) is 0.174. The second-order valence-electron chi connectivity index (χ2n) is 6.55. The van der Waals surface area contributed by atoms with Crippen molar-refractivity contribution in [2.24, 2.45) is 5.10 Å². The first-order valence-electron chi connectivity index (χ1n) is 8.97. The van der Waals surface area contributed by atoms with E-state index >= 15 is 0 Å². The van der Waals surface area contributed by atoms with Crippen LogP contribution in [0.2, 0.25) is 0 Å². The molecule has 0 saturated heterocycles. The molecule has 0 saturated carbocycles. The molecule has 1 aliphatic rings. The number of nitrogens with zero attached hydrogens (tertiary/aromatic N) is 1. The smallest absolute Gasteiger partial charge is 0.0829 e. The Bertz CT molecular complexity index is 906. The van der Waals surface area contributed by atoms with Crippen LogP contribution >= 0.6 is 11.6 Å². The topological polar surface area (TPSA) is 24.4 Å². The maximum atomic E-state index is 6.14. The molecule has 1 aliphatic heterocycles. The van der Waals surface area contributed by atoms with Crippen LogP contribution in [0.4, 0.5) is 5.69 Å². The highest BCUT2D eigenvalue weighted by molar-refractivity contribution is 6.18. The van der Waals surface area contributed by atoms with E-state index in [1.807, 2.05) is 12.1 Å². The molecule has 3 aromatic carbocycles. The largest absolute Gasteiger partial charge is 0.278 e. The molecule has 2 nitrogen and oxygen atoms in total. The van der Waals surface area contributed by atoms with Crippen LogP contribution in [-0.2, 0) is 5.41 Å². The number of fused-ring (bicyclic) bond motifs is 1. The highest BCUT2D eigenvalue weighted by Gasteiger charge is 2.43. The van der Waals surface area contributed by atoms with Gasteiger partial charge in [-0.2, -0.15) is 5.10 Å². The van der Waals surface area contributed by atoms with Crippen molar-refractivity contribution in [1.82, 2.24) is 0 Å². The molecular weight excluding hydrogens is 340 g/mol. The van der Waals surface area contributed by atoms with E-state index in [4.69, 9.17) is 16.7 Å². The number of halogens is 1. The summed E-state index contributed by atoms with van der Waals surface area (Å²) in [6.45, 7) is 0. The maximum absolute atomic E-state index is 6.14. The number of anilines is 1. The Balaban J connectivity index is 2.00. The van der Waals surface area contributed by atoms with Crippen molar-refractivity contribution >= 4 is 23.0 Å². The van der Waals surface area contributed by atoms with Gasteiger partial charge in [-0.05, 0) is 35.6 Å². The minimum Gasteiger partial charge on any atom is -0.278 e. The molecule has 1 heterocycles. The Morgan fingerprint density at radius 1 is 0.808 bits per heavy atom. The van der Waals surface area contributed by atoms with E-state index in [0.717, 1.165) is 29.8 Å². The predicted molar refractivity (Wildman–Crippen MR) is 110 cm³/mol. The predicted octanol–water partition coefficient (Wildman–Crippen LogP) is 5.82. The molecule has 26 heavy (non-hydrogen) atoms. The molecule has 3 aromatic rings. The monoisotopic (exact) mass is 360 g/mol. The van der Waals surface area contributed by atoms with E-state index in [1.54, 1.807) is 0 Å². The second kappa shape index (κ2) is 7.35. The summed E-state index contributed by atoms with van der Waals surface area (Å²) in [6, 6.07) is 29.6. The Labute approximate surface area is 159 Å². The van der Waals surface area contributed by atoms with Crippen molar-refractivity contribution in [2.45, 2.75) is 18.3 Å². The van der Waals surface area contributed by atoms with Crippen molar-refractivity contribution in [3.63, 3.8) is 0 Å². The van der Waals surface area contributed by atoms with E-state index in [2.05, 4.69) is 78.2 Å². The molecule has 130 valence electrons. The summed E-state index contributed by atoms with van der Waals surface area (Å²) < 4.78 is 0. The molecule has 0 fully saturated rings. The Kier molecular flexibility index (Phi) is 4.77. The molecule has 0 bridgehead atoms. The minimum atomic E-state index is -0.320. The van der Waals surface area contributed by atoms with Gasteiger partial charge in [0, 0.05) is 5.88 Å². The third-order valence-electron chi connectivity index (χ3n) is 5.08. The van der Waals surface area contributed by atoms with Gasteiger partial charge in [0.1, 0.15) is 0 Å². The first kappa shape index (κ1) is 16.9. The van der Waals surface area contributed by atoms with Gasteiger partial charge in [0.25, 0.3) is 0 Å². The number of para-hydroxylation sites is 1. The average Bonchev–Trinajstić information content (AvgIpc) is 2.73. The number of rotatable bonds is 5. The molecule has 0 spiro atoms. The number of hydrogen-bond donors (Lipinski definition) is 1. The van der Waals surface area contributed by atoms with E-state index < -0.39 is 0 Å². The van der Waals surface area contributed by atoms with Crippen LogP contribution in [0, 0.1) is 0 Å². The van der Waals surface area contributed by atoms with E-state index in [1.165, 1.54) is 11.1 Å². The van der Waals surface area contributed by atoms with Gasteiger partial charge >= 0.3 is 0 Å². The Morgan fingerprint density at radius 2 is 1.46 bits per heavy atom. The first-order valence-corrected chi connectivity index (χ1v) is 9.50. The van der Waals surface area contributed by atoms with Crippen molar-refractivity contribution < 1.29 is 0 Å². The zero-order chi connectivity index (χ0) is 17.8. The fourth-order valence-corrected chi connectivity index (χ4v) is 4.08. The number of nitrogens with one attached hydrogen (secondary N) is 1. The third-order valence-corrected chi connectivity index (χ3v) is 5.35. The molecule has 1 atom stereocenters. The maximum Gasteiger partial charge on any atom is 0.0829 e. The summed E-state index contributed by atoms with van der Waals surface area (Å²) in [7, 11) is 0. The van der Waals surface area contributed by atoms with Gasteiger partial charge in [0.05, 0.1) is 16.8 Å². The van der Waals surface area contributed by atoms with Gasteiger partial charge in [0.15, 0.2) is 0 Å². The second-order valence-corrected chi connectivity index (χ2v) is 6.93. The lowest BCUT2D eigenvalue weighted by molar-refractivity contribution is 0.601. The average molecular weight is 361 g/mol. The van der Waals surface area contributed by atoms with E-state index in [0.29, 0.717) is 5.88 Å². The van der Waals surface area contributed by atoms with Crippen molar-refractivity contribution in [3.8, 4) is 0 Å². The van der Waals surface area contributed by atoms with Gasteiger partial charge in [0.2, 0.25) is 0 Å². The minimum absolute atomic E-state index is 0.320. The summed E-state index contributed by atoms with van der Waals surface area (Å²) in [6.07, 6.45) is 1.82. The summed E-state index contributed by atoms with van der Waals surface area (Å²) in [5.41, 5.74) is 8.70. The standard InChI is InChI=1S/C23H21ClN2/c24-17-9-16-23(19-12-5-2-6-13-19)20-14-7-8-15-21(20)25-26-22(23)18-10-3-1-4-11-18/h1-8,10-15,25H,9,16-17H2. The summed E-state index contributed by atoms with van der Waals surface area (Å²) in [4.78, 5) is 0. The molecule has 0 aromatic heterocycles. The number of hydrazone groups is 1. The molecule has 3 heteroatoms. The highest BCUT2D eigenvalue weighted by atomic mass is 35.5. The molecule has 4 rings (SSSR count). The summed E-state index contributed by atoms with van der Waals surface area (Å²) >= 11 is 6.14.